The summed E-state index contributed by atoms with van der Waals surface area (Å²) >= 11 is 0. The number of anilines is 6. The van der Waals surface area contributed by atoms with Crippen LogP contribution >= 0.6 is 0 Å². The highest BCUT2D eigenvalue weighted by atomic mass is 19.1. The summed E-state index contributed by atoms with van der Waals surface area (Å²) < 4.78 is 17.3. The summed E-state index contributed by atoms with van der Waals surface area (Å²) in [5, 5.41) is 12.2. The second-order valence-electron chi connectivity index (χ2n) is 15.5. The molecule has 4 N–H and O–H groups in total. The molecule has 298 valence electrons. The van der Waals surface area contributed by atoms with Crippen molar-refractivity contribution in [2.75, 3.05) is 73.2 Å². The van der Waals surface area contributed by atoms with Crippen molar-refractivity contribution in [1.29, 1.82) is 0 Å². The van der Waals surface area contributed by atoms with Gasteiger partial charge in [0.15, 0.2) is 5.65 Å². The van der Waals surface area contributed by atoms with Gasteiger partial charge >= 0.3 is 0 Å². The van der Waals surface area contributed by atoms with Gasteiger partial charge in [0.1, 0.15) is 17.4 Å². The standard InChI is InChI=1S/C42H51FN12O2/c1-28(2)55-39-37(49-42(55)48-32-5-3-16-44-26-32)27-45-41(51-39)47-30-6-9-33(10-7-30)54-23-21-53(22-24-54)18-4-17-52-19-14-29(15-20-52)34-11-8-31(25-35(34)43)46-36-12-13-38(56)50-40(36)57/h3,5-11,16,25-29,36,46H,4,12-15,17-24H2,1-2H3,(H,48,49)(H,45,47,51)(H,50,56,57). The van der Waals surface area contributed by atoms with Crippen LogP contribution < -0.4 is 26.2 Å². The van der Waals surface area contributed by atoms with Gasteiger partial charge in [0, 0.05) is 61.9 Å². The van der Waals surface area contributed by atoms with Gasteiger partial charge in [-0.25, -0.2) is 14.4 Å². The number of halogens is 1. The molecule has 0 spiro atoms. The first-order chi connectivity index (χ1) is 27.8. The van der Waals surface area contributed by atoms with E-state index in [1.165, 1.54) is 11.8 Å². The van der Waals surface area contributed by atoms with Crippen LogP contribution in [0.4, 0.5) is 39.0 Å². The van der Waals surface area contributed by atoms with Gasteiger partial charge in [-0.2, -0.15) is 4.98 Å². The largest absolute Gasteiger partial charge is 0.374 e. The van der Waals surface area contributed by atoms with Gasteiger partial charge in [0.05, 0.1) is 18.1 Å². The molecule has 0 saturated carbocycles. The van der Waals surface area contributed by atoms with Crippen molar-refractivity contribution >= 4 is 57.6 Å². The lowest BCUT2D eigenvalue weighted by molar-refractivity contribution is -0.133. The molecule has 0 radical (unpaired) electrons. The predicted molar refractivity (Wildman–Crippen MR) is 221 cm³/mol. The Hall–Kier alpha value is -5.67. The van der Waals surface area contributed by atoms with Crippen LogP contribution in [0.25, 0.3) is 11.2 Å². The molecule has 8 rings (SSSR count). The molecule has 3 aliphatic rings. The van der Waals surface area contributed by atoms with Crippen molar-refractivity contribution in [3.8, 4) is 0 Å². The average molecular weight is 775 g/mol. The Morgan fingerprint density at radius 2 is 1.60 bits per heavy atom. The van der Waals surface area contributed by atoms with Crippen LogP contribution in [-0.4, -0.2) is 105 Å². The van der Waals surface area contributed by atoms with E-state index in [1.54, 1.807) is 18.6 Å². The van der Waals surface area contributed by atoms with Crippen LogP contribution in [0, 0.1) is 5.82 Å². The zero-order valence-corrected chi connectivity index (χ0v) is 32.6. The molecule has 2 amide bonds. The number of rotatable bonds is 13. The SMILES string of the molecule is CC(C)n1c(Nc2cccnc2)nc2cnc(Nc3ccc(N4CCN(CCCN5CCC(c6ccc(NC7CCC(=O)NC7=O)cc6F)CC5)CC4)cc3)nc21. The Morgan fingerprint density at radius 1 is 0.842 bits per heavy atom. The van der Waals surface area contributed by atoms with E-state index in [4.69, 9.17) is 9.97 Å². The maximum absolute atomic E-state index is 15.2. The molecule has 3 aliphatic heterocycles. The van der Waals surface area contributed by atoms with Crippen LogP contribution in [0.2, 0.25) is 0 Å². The summed E-state index contributed by atoms with van der Waals surface area (Å²) in [5.74, 6) is 0.553. The number of amides is 2. The van der Waals surface area contributed by atoms with E-state index in [0.717, 1.165) is 99.7 Å². The second kappa shape index (κ2) is 17.2. The van der Waals surface area contributed by atoms with Gasteiger partial charge in [0.25, 0.3) is 0 Å². The predicted octanol–water partition coefficient (Wildman–Crippen LogP) is 6.04. The van der Waals surface area contributed by atoms with Crippen molar-refractivity contribution in [3.05, 3.63) is 84.6 Å². The number of likely N-dealkylation sites (tertiary alicyclic amines) is 1. The summed E-state index contributed by atoms with van der Waals surface area (Å²) in [6, 6.07) is 17.1. The Bertz CT molecular complexity index is 2160. The molecule has 1 atom stereocenters. The van der Waals surface area contributed by atoms with Gasteiger partial charge in [0.2, 0.25) is 23.7 Å². The summed E-state index contributed by atoms with van der Waals surface area (Å²) in [4.78, 5) is 49.4. The molecular formula is C42H51FN12O2. The molecule has 0 aliphatic carbocycles. The third-order valence-corrected chi connectivity index (χ3v) is 11.3. The van der Waals surface area contributed by atoms with E-state index in [-0.39, 0.29) is 36.0 Å². The quantitative estimate of drug-likeness (QED) is 0.104. The van der Waals surface area contributed by atoms with Crippen LogP contribution in [0.3, 0.4) is 0 Å². The lowest BCUT2D eigenvalue weighted by atomic mass is 9.89. The van der Waals surface area contributed by atoms with E-state index in [2.05, 4.69) is 88.6 Å². The number of fused-ring (bicyclic) bond motifs is 1. The third-order valence-electron chi connectivity index (χ3n) is 11.3. The van der Waals surface area contributed by atoms with E-state index in [1.807, 2.05) is 24.3 Å². The smallest absolute Gasteiger partial charge is 0.249 e. The number of carbonyl (C=O) groups excluding carboxylic acids is 2. The number of nitrogens with zero attached hydrogens (tertiary/aromatic N) is 8. The average Bonchev–Trinajstić information content (AvgIpc) is 3.58. The van der Waals surface area contributed by atoms with Crippen LogP contribution in [-0.2, 0) is 9.59 Å². The molecule has 15 heteroatoms. The molecule has 14 nitrogen and oxygen atoms in total. The Labute approximate surface area is 332 Å². The monoisotopic (exact) mass is 774 g/mol. The summed E-state index contributed by atoms with van der Waals surface area (Å²) in [6.07, 6.45) is 8.94. The Morgan fingerprint density at radius 3 is 2.30 bits per heavy atom. The van der Waals surface area contributed by atoms with E-state index >= 15 is 4.39 Å². The second-order valence-corrected chi connectivity index (χ2v) is 15.5. The highest BCUT2D eigenvalue weighted by Crippen LogP contribution is 2.32. The minimum atomic E-state index is -0.523. The number of aromatic nitrogens is 5. The van der Waals surface area contributed by atoms with Crippen molar-refractivity contribution in [2.24, 2.45) is 0 Å². The molecule has 5 aromatic rings. The van der Waals surface area contributed by atoms with Crippen molar-refractivity contribution in [3.63, 3.8) is 0 Å². The fourth-order valence-electron chi connectivity index (χ4n) is 8.17. The summed E-state index contributed by atoms with van der Waals surface area (Å²) in [6.45, 7) is 12.3. The summed E-state index contributed by atoms with van der Waals surface area (Å²) in [7, 11) is 0. The lowest BCUT2D eigenvalue weighted by Crippen LogP contribution is -2.47. The van der Waals surface area contributed by atoms with Gasteiger partial charge in [-0.1, -0.05) is 6.07 Å². The van der Waals surface area contributed by atoms with Gasteiger partial charge < -0.3 is 25.8 Å². The first-order valence-electron chi connectivity index (χ1n) is 20.1. The number of hydrogen-bond acceptors (Lipinski definition) is 12. The molecule has 3 fully saturated rings. The first kappa shape index (κ1) is 38.2. The van der Waals surface area contributed by atoms with Crippen molar-refractivity contribution in [1.82, 2.24) is 39.6 Å². The number of piperazine rings is 1. The number of hydrogen-bond donors (Lipinski definition) is 4. The third kappa shape index (κ3) is 9.15. The van der Waals surface area contributed by atoms with Gasteiger partial charge in [-0.05, 0) is 126 Å². The molecule has 57 heavy (non-hydrogen) atoms. The van der Waals surface area contributed by atoms with Gasteiger partial charge in [-0.3, -0.25) is 29.4 Å². The van der Waals surface area contributed by atoms with E-state index in [0.29, 0.717) is 24.0 Å². The zero-order valence-electron chi connectivity index (χ0n) is 32.6. The fraction of sp³-hybridized carbons (Fsp3) is 0.429. The van der Waals surface area contributed by atoms with Crippen molar-refractivity contribution < 1.29 is 14.0 Å². The topological polar surface area (TPSA) is 148 Å². The van der Waals surface area contributed by atoms with E-state index in [9.17, 15) is 9.59 Å². The first-order valence-corrected chi connectivity index (χ1v) is 20.1. The molecule has 1 unspecified atom stereocenters. The van der Waals surface area contributed by atoms with Gasteiger partial charge in [-0.15, -0.1) is 0 Å². The number of imide groups is 1. The van der Waals surface area contributed by atoms with Crippen LogP contribution in [0.5, 0.6) is 0 Å². The molecule has 2 aromatic carbocycles. The maximum atomic E-state index is 15.2. The minimum Gasteiger partial charge on any atom is -0.374 e. The lowest BCUT2D eigenvalue weighted by Gasteiger charge is -2.37. The number of pyridine rings is 1. The molecule has 3 saturated heterocycles. The minimum absolute atomic E-state index is 0.130. The normalized spacial score (nSPS) is 18.6. The molecule has 0 bridgehead atoms. The van der Waals surface area contributed by atoms with Crippen molar-refractivity contribution in [2.45, 2.75) is 64.0 Å². The van der Waals surface area contributed by atoms with Crippen LogP contribution in [0.1, 0.15) is 63.5 Å². The summed E-state index contributed by atoms with van der Waals surface area (Å²) in [5.41, 5.74) is 5.78. The highest BCUT2D eigenvalue weighted by Gasteiger charge is 2.28. The number of benzene rings is 2. The number of nitrogens with one attached hydrogen (secondary N) is 4. The van der Waals surface area contributed by atoms with E-state index < -0.39 is 6.04 Å². The molecule has 6 heterocycles. The zero-order chi connectivity index (χ0) is 39.3. The number of piperidine rings is 2. The number of imidazole rings is 1. The molecular weight excluding hydrogens is 724 g/mol. The Kier molecular flexibility index (Phi) is 11.5. The number of carbonyl (C=O) groups is 2. The fourth-order valence-corrected chi connectivity index (χ4v) is 8.17. The van der Waals surface area contributed by atoms with Crippen LogP contribution in [0.15, 0.2) is 73.2 Å². The highest BCUT2D eigenvalue weighted by molar-refractivity contribution is 6.01. The molecule has 3 aromatic heterocycles. The Balaban J connectivity index is 0.760. The maximum Gasteiger partial charge on any atom is 0.249 e.